The molecular weight excluding hydrogens is 379 g/mol. The van der Waals surface area contributed by atoms with Crippen LogP contribution in [-0.2, 0) is 14.3 Å². The molecule has 9 heteroatoms. The fourth-order valence-corrected chi connectivity index (χ4v) is 3.20. The average Bonchev–Trinajstić information content (AvgIpc) is 2.72. The Labute approximate surface area is 166 Å². The molecule has 2 amide bonds. The van der Waals surface area contributed by atoms with Crippen molar-refractivity contribution in [1.29, 1.82) is 0 Å². The van der Waals surface area contributed by atoms with E-state index in [-0.39, 0.29) is 0 Å². The predicted octanol–water partition coefficient (Wildman–Crippen LogP) is 1.31. The Kier molecular flexibility index (Phi) is 6.06. The standard InChI is InChI=1S/C20H21FN4O4/c21-15-4-1-12(2-5-15)17(19(23)27)29-20(28)13-7-9-25(10-8-13)16-6-3-14(11-24-16)18(22)26/h1-6,11,13,17H,7-10H2,(H2,22,26)(H2,23,27). The average molecular weight is 400 g/mol. The third-order valence-corrected chi connectivity index (χ3v) is 4.85. The van der Waals surface area contributed by atoms with Crippen LogP contribution < -0.4 is 16.4 Å². The van der Waals surface area contributed by atoms with Gasteiger partial charge in [0, 0.05) is 24.8 Å². The smallest absolute Gasteiger partial charge is 0.310 e. The van der Waals surface area contributed by atoms with Gasteiger partial charge in [-0.25, -0.2) is 9.37 Å². The number of carbonyl (C=O) groups is 3. The maximum atomic E-state index is 13.1. The Bertz CT molecular complexity index is 894. The first kappa shape index (κ1) is 20.2. The number of piperidine rings is 1. The molecule has 4 N–H and O–H groups in total. The second kappa shape index (κ2) is 8.68. The van der Waals surface area contributed by atoms with Crippen molar-refractivity contribution in [3.63, 3.8) is 0 Å². The van der Waals surface area contributed by atoms with Gasteiger partial charge in [0.2, 0.25) is 12.0 Å². The van der Waals surface area contributed by atoms with E-state index >= 15 is 0 Å². The first-order valence-corrected chi connectivity index (χ1v) is 9.11. The van der Waals surface area contributed by atoms with Crippen LogP contribution in [0.25, 0.3) is 0 Å². The topological polar surface area (TPSA) is 129 Å². The molecule has 0 aliphatic carbocycles. The molecule has 1 aliphatic rings. The molecule has 1 aromatic carbocycles. The number of hydrogen-bond donors (Lipinski definition) is 2. The summed E-state index contributed by atoms with van der Waals surface area (Å²) in [5.74, 6) is -2.05. The van der Waals surface area contributed by atoms with Gasteiger partial charge in [-0.05, 0) is 37.1 Å². The van der Waals surface area contributed by atoms with Crippen LogP contribution in [0.5, 0.6) is 0 Å². The quantitative estimate of drug-likeness (QED) is 0.704. The van der Waals surface area contributed by atoms with Gasteiger partial charge in [-0.2, -0.15) is 0 Å². The number of carbonyl (C=O) groups excluding carboxylic acids is 3. The van der Waals surface area contributed by atoms with Crippen LogP contribution in [-0.4, -0.2) is 35.9 Å². The summed E-state index contributed by atoms with van der Waals surface area (Å²) in [6.07, 6.45) is 1.17. The number of esters is 1. The van der Waals surface area contributed by atoms with Crippen LogP contribution in [0, 0.1) is 11.7 Å². The molecule has 1 saturated heterocycles. The van der Waals surface area contributed by atoms with E-state index in [0.29, 0.717) is 42.9 Å². The third-order valence-electron chi connectivity index (χ3n) is 4.85. The van der Waals surface area contributed by atoms with E-state index in [1.807, 2.05) is 4.90 Å². The summed E-state index contributed by atoms with van der Waals surface area (Å²) >= 11 is 0. The Morgan fingerprint density at radius 3 is 2.24 bits per heavy atom. The largest absolute Gasteiger partial charge is 0.447 e. The lowest BCUT2D eigenvalue weighted by Crippen LogP contribution is -2.38. The zero-order chi connectivity index (χ0) is 21.0. The van der Waals surface area contributed by atoms with E-state index in [4.69, 9.17) is 16.2 Å². The highest BCUT2D eigenvalue weighted by atomic mass is 19.1. The van der Waals surface area contributed by atoms with Crippen molar-refractivity contribution in [2.75, 3.05) is 18.0 Å². The first-order valence-electron chi connectivity index (χ1n) is 9.11. The second-order valence-corrected chi connectivity index (χ2v) is 6.80. The molecule has 1 fully saturated rings. The van der Waals surface area contributed by atoms with Gasteiger partial charge in [0.1, 0.15) is 11.6 Å². The molecule has 29 heavy (non-hydrogen) atoms. The summed E-state index contributed by atoms with van der Waals surface area (Å²) < 4.78 is 18.4. The van der Waals surface area contributed by atoms with Crippen LogP contribution in [0.3, 0.4) is 0 Å². The van der Waals surface area contributed by atoms with E-state index in [2.05, 4.69) is 4.98 Å². The predicted molar refractivity (Wildman–Crippen MR) is 102 cm³/mol. The van der Waals surface area contributed by atoms with Crippen molar-refractivity contribution < 1.29 is 23.5 Å². The van der Waals surface area contributed by atoms with Gasteiger partial charge in [-0.3, -0.25) is 14.4 Å². The van der Waals surface area contributed by atoms with E-state index in [1.165, 1.54) is 30.5 Å². The Morgan fingerprint density at radius 1 is 1.07 bits per heavy atom. The van der Waals surface area contributed by atoms with Crippen molar-refractivity contribution in [2.24, 2.45) is 17.4 Å². The van der Waals surface area contributed by atoms with Gasteiger partial charge in [-0.15, -0.1) is 0 Å². The number of nitrogens with two attached hydrogens (primary N) is 2. The van der Waals surface area contributed by atoms with Crippen LogP contribution in [0.2, 0.25) is 0 Å². The van der Waals surface area contributed by atoms with Crippen LogP contribution in [0.15, 0.2) is 42.6 Å². The number of benzene rings is 1. The van der Waals surface area contributed by atoms with Crippen molar-refractivity contribution in [3.05, 3.63) is 59.5 Å². The molecule has 1 aliphatic heterocycles. The summed E-state index contributed by atoms with van der Waals surface area (Å²) in [6.45, 7) is 1.11. The molecule has 1 atom stereocenters. The normalized spacial score (nSPS) is 15.6. The molecule has 2 heterocycles. The summed E-state index contributed by atoms with van der Waals surface area (Å²) in [5.41, 5.74) is 11.2. The number of primary amides is 2. The zero-order valence-corrected chi connectivity index (χ0v) is 15.6. The molecule has 1 aromatic heterocycles. The molecule has 0 saturated carbocycles. The molecule has 0 bridgehead atoms. The van der Waals surface area contributed by atoms with Crippen LogP contribution in [0.4, 0.5) is 10.2 Å². The zero-order valence-electron chi connectivity index (χ0n) is 15.6. The van der Waals surface area contributed by atoms with Gasteiger partial charge in [0.15, 0.2) is 0 Å². The SMILES string of the molecule is NC(=O)c1ccc(N2CCC(C(=O)OC(C(N)=O)c3ccc(F)cc3)CC2)nc1. The minimum atomic E-state index is -1.26. The number of rotatable bonds is 6. The lowest BCUT2D eigenvalue weighted by Gasteiger charge is -2.32. The lowest BCUT2D eigenvalue weighted by atomic mass is 9.96. The van der Waals surface area contributed by atoms with Gasteiger partial charge in [0.25, 0.3) is 5.91 Å². The van der Waals surface area contributed by atoms with Gasteiger partial charge < -0.3 is 21.1 Å². The molecule has 3 rings (SSSR count). The van der Waals surface area contributed by atoms with Crippen molar-refractivity contribution in [3.8, 4) is 0 Å². The van der Waals surface area contributed by atoms with Gasteiger partial charge in [0.05, 0.1) is 11.5 Å². The van der Waals surface area contributed by atoms with E-state index in [1.54, 1.807) is 12.1 Å². The summed E-state index contributed by atoms with van der Waals surface area (Å²) in [6, 6.07) is 8.38. The number of ether oxygens (including phenoxy) is 1. The van der Waals surface area contributed by atoms with Crippen molar-refractivity contribution >= 4 is 23.6 Å². The summed E-state index contributed by atoms with van der Waals surface area (Å²) in [7, 11) is 0. The van der Waals surface area contributed by atoms with Crippen molar-refractivity contribution in [2.45, 2.75) is 18.9 Å². The maximum Gasteiger partial charge on any atom is 0.310 e. The number of nitrogens with zero attached hydrogens (tertiary/aromatic N) is 2. The number of pyridine rings is 1. The van der Waals surface area contributed by atoms with Gasteiger partial charge >= 0.3 is 5.97 Å². The monoisotopic (exact) mass is 400 g/mol. The molecular formula is C20H21FN4O4. The number of hydrogen-bond acceptors (Lipinski definition) is 6. The highest BCUT2D eigenvalue weighted by Crippen LogP contribution is 2.26. The minimum Gasteiger partial charge on any atom is -0.447 e. The Morgan fingerprint density at radius 2 is 1.72 bits per heavy atom. The fourth-order valence-electron chi connectivity index (χ4n) is 3.20. The van der Waals surface area contributed by atoms with E-state index in [0.717, 1.165) is 0 Å². The molecule has 0 spiro atoms. The van der Waals surface area contributed by atoms with E-state index < -0.39 is 35.6 Å². The number of amides is 2. The second-order valence-electron chi connectivity index (χ2n) is 6.80. The molecule has 152 valence electrons. The molecule has 1 unspecified atom stereocenters. The number of anilines is 1. The van der Waals surface area contributed by atoms with Gasteiger partial charge in [-0.1, -0.05) is 12.1 Å². The summed E-state index contributed by atoms with van der Waals surface area (Å²) in [4.78, 5) is 41.6. The van der Waals surface area contributed by atoms with Crippen molar-refractivity contribution in [1.82, 2.24) is 4.98 Å². The van der Waals surface area contributed by atoms with Crippen LogP contribution >= 0.6 is 0 Å². The minimum absolute atomic E-state index is 0.323. The van der Waals surface area contributed by atoms with Crippen LogP contribution in [0.1, 0.15) is 34.9 Å². The Balaban J connectivity index is 1.59. The molecule has 8 nitrogen and oxygen atoms in total. The third kappa shape index (κ3) is 4.87. The molecule has 2 aromatic rings. The molecule has 0 radical (unpaired) electrons. The highest BCUT2D eigenvalue weighted by molar-refractivity contribution is 5.92. The lowest BCUT2D eigenvalue weighted by molar-refractivity contribution is -0.160. The number of aromatic nitrogens is 1. The van der Waals surface area contributed by atoms with E-state index in [9.17, 15) is 18.8 Å². The summed E-state index contributed by atoms with van der Waals surface area (Å²) in [5, 5.41) is 0. The maximum absolute atomic E-state index is 13.1. The first-order chi connectivity index (χ1) is 13.8. The number of halogens is 1. The Hall–Kier alpha value is -3.49. The fraction of sp³-hybridized carbons (Fsp3) is 0.300. The highest BCUT2D eigenvalue weighted by Gasteiger charge is 2.31.